The van der Waals surface area contributed by atoms with E-state index in [1.165, 1.54) is 13.2 Å². The van der Waals surface area contributed by atoms with Crippen LogP contribution in [0.1, 0.15) is 11.1 Å². The number of ether oxygens (including phenoxy) is 1. The van der Waals surface area contributed by atoms with Gasteiger partial charge in [-0.2, -0.15) is 13.2 Å². The van der Waals surface area contributed by atoms with Crippen molar-refractivity contribution in [3.05, 3.63) is 29.3 Å². The van der Waals surface area contributed by atoms with Crippen LogP contribution in [0.15, 0.2) is 18.2 Å². The SMILES string of the molecule is COc1cc(CNO)cc(C(F)(F)F)c1. The minimum atomic E-state index is -4.42. The molecule has 15 heavy (non-hydrogen) atoms. The summed E-state index contributed by atoms with van der Waals surface area (Å²) in [6.07, 6.45) is -4.42. The highest BCUT2D eigenvalue weighted by molar-refractivity contribution is 5.35. The first-order valence-electron chi connectivity index (χ1n) is 4.09. The number of rotatable bonds is 3. The zero-order chi connectivity index (χ0) is 11.5. The van der Waals surface area contributed by atoms with Crippen LogP contribution in [-0.2, 0) is 12.7 Å². The molecule has 1 rings (SSSR count). The molecular weight excluding hydrogens is 211 g/mol. The Morgan fingerprint density at radius 1 is 1.33 bits per heavy atom. The lowest BCUT2D eigenvalue weighted by atomic mass is 10.1. The molecule has 0 unspecified atom stereocenters. The lowest BCUT2D eigenvalue weighted by Gasteiger charge is -2.11. The van der Waals surface area contributed by atoms with Crippen LogP contribution in [0.2, 0.25) is 0 Å². The third-order valence-corrected chi connectivity index (χ3v) is 1.81. The molecule has 0 aliphatic carbocycles. The van der Waals surface area contributed by atoms with Crippen LogP contribution < -0.4 is 10.2 Å². The fraction of sp³-hybridized carbons (Fsp3) is 0.333. The number of hydrogen-bond acceptors (Lipinski definition) is 3. The zero-order valence-electron chi connectivity index (χ0n) is 7.93. The molecule has 1 aromatic rings. The highest BCUT2D eigenvalue weighted by Crippen LogP contribution is 2.32. The van der Waals surface area contributed by atoms with Gasteiger partial charge in [-0.1, -0.05) is 0 Å². The van der Waals surface area contributed by atoms with E-state index in [-0.39, 0.29) is 12.3 Å². The summed E-state index contributed by atoms with van der Waals surface area (Å²) >= 11 is 0. The molecular formula is C9H10F3NO2. The van der Waals surface area contributed by atoms with Gasteiger partial charge in [0, 0.05) is 6.54 Å². The molecule has 0 fully saturated rings. The van der Waals surface area contributed by atoms with Crippen molar-refractivity contribution in [1.29, 1.82) is 0 Å². The third-order valence-electron chi connectivity index (χ3n) is 1.81. The first kappa shape index (κ1) is 11.8. The van der Waals surface area contributed by atoms with Crippen molar-refractivity contribution in [2.45, 2.75) is 12.7 Å². The van der Waals surface area contributed by atoms with Crippen molar-refractivity contribution in [2.24, 2.45) is 0 Å². The smallest absolute Gasteiger partial charge is 0.416 e. The maximum absolute atomic E-state index is 12.4. The Morgan fingerprint density at radius 3 is 2.47 bits per heavy atom. The van der Waals surface area contributed by atoms with Crippen molar-refractivity contribution >= 4 is 0 Å². The van der Waals surface area contributed by atoms with E-state index in [4.69, 9.17) is 9.94 Å². The molecule has 0 bridgehead atoms. The quantitative estimate of drug-likeness (QED) is 0.769. The van der Waals surface area contributed by atoms with E-state index in [0.29, 0.717) is 5.56 Å². The molecule has 84 valence electrons. The fourth-order valence-corrected chi connectivity index (χ4v) is 1.14. The molecule has 1 aromatic carbocycles. The summed E-state index contributed by atoms with van der Waals surface area (Å²) in [5.41, 5.74) is 1.29. The maximum atomic E-state index is 12.4. The summed E-state index contributed by atoms with van der Waals surface area (Å²) in [5.74, 6) is 0.107. The van der Waals surface area contributed by atoms with E-state index >= 15 is 0 Å². The van der Waals surface area contributed by atoms with Gasteiger partial charge in [0.05, 0.1) is 12.7 Å². The largest absolute Gasteiger partial charge is 0.497 e. The van der Waals surface area contributed by atoms with E-state index in [9.17, 15) is 13.2 Å². The van der Waals surface area contributed by atoms with Crippen molar-refractivity contribution in [2.75, 3.05) is 7.11 Å². The number of methoxy groups -OCH3 is 1. The van der Waals surface area contributed by atoms with Gasteiger partial charge in [0.15, 0.2) is 0 Å². The molecule has 0 heterocycles. The van der Waals surface area contributed by atoms with Gasteiger partial charge in [-0.25, -0.2) is 5.48 Å². The van der Waals surface area contributed by atoms with Crippen LogP contribution in [0.5, 0.6) is 5.75 Å². The van der Waals surface area contributed by atoms with E-state index in [1.807, 2.05) is 0 Å². The topological polar surface area (TPSA) is 41.5 Å². The van der Waals surface area contributed by atoms with Gasteiger partial charge in [0.2, 0.25) is 0 Å². The van der Waals surface area contributed by atoms with Crippen molar-refractivity contribution in [3.63, 3.8) is 0 Å². The first-order valence-corrected chi connectivity index (χ1v) is 4.09. The number of benzene rings is 1. The maximum Gasteiger partial charge on any atom is 0.416 e. The van der Waals surface area contributed by atoms with Gasteiger partial charge >= 0.3 is 6.18 Å². The summed E-state index contributed by atoms with van der Waals surface area (Å²) in [7, 11) is 1.28. The normalized spacial score (nSPS) is 11.5. The number of hydrogen-bond donors (Lipinski definition) is 2. The second-order valence-electron chi connectivity index (χ2n) is 2.90. The minimum absolute atomic E-state index is 0.0692. The summed E-state index contributed by atoms with van der Waals surface area (Å²) in [6, 6.07) is 3.27. The molecule has 0 saturated carbocycles. The van der Waals surface area contributed by atoms with Crippen LogP contribution in [0, 0.1) is 0 Å². The van der Waals surface area contributed by atoms with E-state index < -0.39 is 11.7 Å². The zero-order valence-corrected chi connectivity index (χ0v) is 7.93. The monoisotopic (exact) mass is 221 g/mol. The summed E-state index contributed by atoms with van der Waals surface area (Å²) in [6.45, 7) is -0.0692. The first-order chi connectivity index (χ1) is 6.97. The second kappa shape index (κ2) is 4.50. The van der Waals surface area contributed by atoms with Crippen LogP contribution in [0.25, 0.3) is 0 Å². The number of alkyl halides is 3. The van der Waals surface area contributed by atoms with Crippen LogP contribution in [0.3, 0.4) is 0 Å². The molecule has 3 nitrogen and oxygen atoms in total. The highest BCUT2D eigenvalue weighted by atomic mass is 19.4. The van der Waals surface area contributed by atoms with Crippen LogP contribution in [0.4, 0.5) is 13.2 Å². The fourth-order valence-electron chi connectivity index (χ4n) is 1.14. The summed E-state index contributed by atoms with van der Waals surface area (Å²) in [5, 5.41) is 8.40. The van der Waals surface area contributed by atoms with Gasteiger partial charge in [-0.3, -0.25) is 0 Å². The molecule has 0 aliphatic rings. The molecule has 0 amide bonds. The average molecular weight is 221 g/mol. The average Bonchev–Trinajstić information content (AvgIpc) is 2.16. The Balaban J connectivity index is 3.11. The summed E-state index contributed by atoms with van der Waals surface area (Å²) < 4.78 is 41.9. The molecule has 0 radical (unpaired) electrons. The third kappa shape index (κ3) is 3.10. The number of halogens is 3. The van der Waals surface area contributed by atoms with Crippen molar-refractivity contribution < 1.29 is 23.1 Å². The molecule has 2 N–H and O–H groups in total. The number of nitrogens with one attached hydrogen (secondary N) is 1. The van der Waals surface area contributed by atoms with Gasteiger partial charge < -0.3 is 9.94 Å². The predicted molar refractivity (Wildman–Crippen MR) is 46.6 cm³/mol. The Kier molecular flexibility index (Phi) is 3.54. The molecule has 0 saturated heterocycles. The van der Waals surface area contributed by atoms with Gasteiger partial charge in [-0.05, 0) is 23.8 Å². The molecule has 0 spiro atoms. The molecule has 0 aliphatic heterocycles. The van der Waals surface area contributed by atoms with E-state index in [2.05, 4.69) is 0 Å². The Hall–Kier alpha value is -1.27. The molecule has 6 heteroatoms. The van der Waals surface area contributed by atoms with Crippen molar-refractivity contribution in [1.82, 2.24) is 5.48 Å². The Morgan fingerprint density at radius 2 is 2.00 bits per heavy atom. The molecule has 0 aromatic heterocycles. The Labute approximate surface area is 84.4 Å². The minimum Gasteiger partial charge on any atom is -0.497 e. The van der Waals surface area contributed by atoms with E-state index in [0.717, 1.165) is 12.1 Å². The highest BCUT2D eigenvalue weighted by Gasteiger charge is 2.31. The van der Waals surface area contributed by atoms with Gasteiger partial charge in [0.1, 0.15) is 5.75 Å². The second-order valence-corrected chi connectivity index (χ2v) is 2.90. The number of hydroxylamine groups is 1. The van der Waals surface area contributed by atoms with Crippen molar-refractivity contribution in [3.8, 4) is 5.75 Å². The van der Waals surface area contributed by atoms with Gasteiger partial charge in [-0.15, -0.1) is 0 Å². The van der Waals surface area contributed by atoms with Gasteiger partial charge in [0.25, 0.3) is 0 Å². The summed E-state index contributed by atoms with van der Waals surface area (Å²) in [4.78, 5) is 0. The Bertz CT molecular complexity index is 339. The van der Waals surface area contributed by atoms with Crippen LogP contribution in [-0.4, -0.2) is 12.3 Å². The lowest BCUT2D eigenvalue weighted by molar-refractivity contribution is -0.137. The van der Waals surface area contributed by atoms with Crippen LogP contribution >= 0.6 is 0 Å². The van der Waals surface area contributed by atoms with E-state index in [1.54, 1.807) is 5.48 Å². The molecule has 0 atom stereocenters. The standard InChI is InChI=1S/C9H10F3NO2/c1-15-8-3-6(5-13-14)2-7(4-8)9(10,11)12/h2-4,13-14H,5H2,1H3. The predicted octanol–water partition coefficient (Wildman–Crippen LogP) is 2.19. The lowest BCUT2D eigenvalue weighted by Crippen LogP contribution is -2.10.